The standard InChI is InChI=1S/C16H30O3Si3/c1-7-21(3,4)18-16(17-20,19-22(5,6)8-2)15-11-9-14(13-15)10-12-15/h7-9,11,14H,1-2,10,12-13H2,3-6,20H3. The van der Waals surface area contributed by atoms with Crippen LogP contribution in [0, 0.1) is 11.3 Å². The molecule has 6 heteroatoms. The molecule has 0 N–H and O–H groups in total. The second-order valence-corrected chi connectivity index (χ2v) is 15.6. The van der Waals surface area contributed by atoms with Gasteiger partial charge in [-0.1, -0.05) is 23.6 Å². The van der Waals surface area contributed by atoms with Crippen LogP contribution in [0.1, 0.15) is 19.3 Å². The van der Waals surface area contributed by atoms with Gasteiger partial charge >= 0.3 is 0 Å². The van der Waals surface area contributed by atoms with E-state index >= 15 is 0 Å². The molecule has 22 heavy (non-hydrogen) atoms. The molecule has 2 unspecified atom stereocenters. The van der Waals surface area contributed by atoms with E-state index in [1.54, 1.807) is 0 Å². The van der Waals surface area contributed by atoms with Gasteiger partial charge in [0.05, 0.1) is 5.41 Å². The van der Waals surface area contributed by atoms with Gasteiger partial charge in [0, 0.05) is 0 Å². The molecule has 2 rings (SSSR count). The fraction of sp³-hybridized carbons (Fsp3) is 0.625. The molecule has 1 fully saturated rings. The molecule has 2 bridgehead atoms. The van der Waals surface area contributed by atoms with E-state index in [1.165, 1.54) is 6.42 Å². The topological polar surface area (TPSA) is 27.7 Å². The van der Waals surface area contributed by atoms with Gasteiger partial charge in [-0.3, -0.25) is 0 Å². The highest BCUT2D eigenvalue weighted by Crippen LogP contribution is 2.58. The molecule has 0 aromatic carbocycles. The summed E-state index contributed by atoms with van der Waals surface area (Å²) >= 11 is 0. The molecule has 0 aliphatic heterocycles. The number of hydrogen-bond acceptors (Lipinski definition) is 3. The molecule has 0 amide bonds. The van der Waals surface area contributed by atoms with E-state index in [0.717, 1.165) is 12.8 Å². The second kappa shape index (κ2) is 5.99. The number of fused-ring (bicyclic) bond motifs is 2. The summed E-state index contributed by atoms with van der Waals surface area (Å²) in [7, 11) is -3.57. The SMILES string of the molecule is C=C[Si](C)(C)OC(O[SiH3])(O[Si](C)(C)C=C)C12C=CC(CC1)C2. The van der Waals surface area contributed by atoms with Crippen molar-refractivity contribution >= 4 is 27.1 Å². The minimum Gasteiger partial charge on any atom is -0.381 e. The van der Waals surface area contributed by atoms with Crippen molar-refractivity contribution < 1.29 is 13.3 Å². The van der Waals surface area contributed by atoms with Crippen molar-refractivity contribution in [2.75, 3.05) is 0 Å². The summed E-state index contributed by atoms with van der Waals surface area (Å²) < 4.78 is 19.4. The summed E-state index contributed by atoms with van der Waals surface area (Å²) in [6.07, 6.45) is 7.94. The lowest BCUT2D eigenvalue weighted by atomic mass is 9.85. The molecule has 2 aliphatic carbocycles. The van der Waals surface area contributed by atoms with Gasteiger partial charge in [0.25, 0.3) is 5.97 Å². The van der Waals surface area contributed by atoms with Crippen LogP contribution in [0.5, 0.6) is 0 Å². The van der Waals surface area contributed by atoms with Crippen LogP contribution >= 0.6 is 0 Å². The molecule has 0 radical (unpaired) electrons. The van der Waals surface area contributed by atoms with Crippen LogP contribution in [0.25, 0.3) is 0 Å². The van der Waals surface area contributed by atoms with Crippen LogP contribution in [-0.4, -0.2) is 33.1 Å². The summed E-state index contributed by atoms with van der Waals surface area (Å²) in [6, 6.07) is 0. The Morgan fingerprint density at radius 1 is 1.18 bits per heavy atom. The summed E-state index contributed by atoms with van der Waals surface area (Å²) in [5.41, 5.74) is 3.76. The van der Waals surface area contributed by atoms with Gasteiger partial charge in [-0.25, -0.2) is 0 Å². The Kier molecular flexibility index (Phi) is 4.93. The van der Waals surface area contributed by atoms with Crippen LogP contribution in [0.4, 0.5) is 0 Å². The van der Waals surface area contributed by atoms with Crippen LogP contribution in [-0.2, 0) is 13.3 Å². The third-order valence-electron chi connectivity index (χ3n) is 4.93. The minimum absolute atomic E-state index is 0.153. The van der Waals surface area contributed by atoms with E-state index in [0.29, 0.717) is 16.4 Å². The van der Waals surface area contributed by atoms with Crippen LogP contribution in [0.3, 0.4) is 0 Å². The van der Waals surface area contributed by atoms with E-state index in [-0.39, 0.29) is 5.41 Å². The van der Waals surface area contributed by atoms with Crippen molar-refractivity contribution in [3.63, 3.8) is 0 Å². The zero-order valence-corrected chi connectivity index (χ0v) is 18.6. The van der Waals surface area contributed by atoms with Crippen molar-refractivity contribution in [3.05, 3.63) is 36.7 Å². The zero-order chi connectivity index (χ0) is 16.6. The van der Waals surface area contributed by atoms with Crippen LogP contribution in [0.15, 0.2) is 36.7 Å². The molecule has 0 spiro atoms. The summed E-state index contributed by atoms with van der Waals surface area (Å²) in [4.78, 5) is 0. The monoisotopic (exact) mass is 354 g/mol. The predicted molar refractivity (Wildman–Crippen MR) is 100 cm³/mol. The maximum Gasteiger partial charge on any atom is 0.263 e. The lowest BCUT2D eigenvalue weighted by molar-refractivity contribution is -0.316. The highest BCUT2D eigenvalue weighted by molar-refractivity contribution is 6.77. The van der Waals surface area contributed by atoms with Gasteiger partial charge < -0.3 is 13.3 Å². The average molecular weight is 355 g/mol. The van der Waals surface area contributed by atoms with Gasteiger partial charge in [-0.05, 0) is 51.4 Å². The fourth-order valence-electron chi connectivity index (χ4n) is 3.42. The number of hydrogen-bond donors (Lipinski definition) is 0. The first-order chi connectivity index (χ1) is 10.1. The van der Waals surface area contributed by atoms with Gasteiger partial charge in [0.15, 0.2) is 10.5 Å². The third kappa shape index (κ3) is 3.18. The Bertz CT molecular complexity index is 465. The van der Waals surface area contributed by atoms with Crippen molar-refractivity contribution in [2.24, 2.45) is 11.3 Å². The van der Waals surface area contributed by atoms with E-state index in [4.69, 9.17) is 13.3 Å². The molecule has 3 nitrogen and oxygen atoms in total. The first-order valence-electron chi connectivity index (χ1n) is 8.05. The summed E-state index contributed by atoms with van der Waals surface area (Å²) in [6.45, 7) is 16.5. The molecule has 0 saturated heterocycles. The Balaban J connectivity index is 2.45. The van der Waals surface area contributed by atoms with Crippen LogP contribution in [0.2, 0.25) is 26.2 Å². The molecule has 0 aromatic rings. The predicted octanol–water partition coefficient (Wildman–Crippen LogP) is 3.19. The number of rotatable bonds is 8. The van der Waals surface area contributed by atoms with Crippen molar-refractivity contribution in [3.8, 4) is 0 Å². The summed E-state index contributed by atoms with van der Waals surface area (Å²) in [5.74, 6) is -0.320. The molecule has 2 atom stereocenters. The Labute approximate surface area is 140 Å². The van der Waals surface area contributed by atoms with Crippen molar-refractivity contribution in [1.82, 2.24) is 0 Å². The van der Waals surface area contributed by atoms with Crippen LogP contribution < -0.4 is 0 Å². The van der Waals surface area contributed by atoms with Gasteiger partial charge in [0.2, 0.25) is 16.6 Å². The maximum atomic E-state index is 6.61. The normalized spacial score (nSPS) is 28.3. The largest absolute Gasteiger partial charge is 0.381 e. The van der Waals surface area contributed by atoms with E-state index in [1.807, 2.05) is 11.4 Å². The van der Waals surface area contributed by atoms with Gasteiger partial charge in [-0.2, -0.15) is 0 Å². The maximum absolute atomic E-state index is 6.61. The van der Waals surface area contributed by atoms with E-state index in [9.17, 15) is 0 Å². The molecule has 0 aromatic heterocycles. The average Bonchev–Trinajstić information content (AvgIpc) is 3.08. The fourth-order valence-corrected chi connectivity index (χ4v) is 6.62. The summed E-state index contributed by atoms with van der Waals surface area (Å²) in [5, 5.41) is 0. The first kappa shape index (κ1) is 18.1. The van der Waals surface area contributed by atoms with E-state index < -0.39 is 22.6 Å². The number of allylic oxidation sites excluding steroid dienone is 1. The molecule has 1 saturated carbocycles. The molecular weight excluding hydrogens is 324 g/mol. The quantitative estimate of drug-likeness (QED) is 0.381. The first-order valence-corrected chi connectivity index (χ1v) is 14.8. The Hall–Kier alpha value is -0.249. The van der Waals surface area contributed by atoms with E-state index in [2.05, 4.69) is 51.5 Å². The lowest BCUT2D eigenvalue weighted by Crippen LogP contribution is -2.60. The smallest absolute Gasteiger partial charge is 0.263 e. The molecule has 2 aliphatic rings. The zero-order valence-electron chi connectivity index (χ0n) is 14.6. The lowest BCUT2D eigenvalue weighted by Gasteiger charge is -2.50. The Morgan fingerprint density at radius 2 is 1.73 bits per heavy atom. The molecule has 0 heterocycles. The van der Waals surface area contributed by atoms with Crippen molar-refractivity contribution in [2.45, 2.75) is 51.4 Å². The Morgan fingerprint density at radius 3 is 2.00 bits per heavy atom. The highest BCUT2D eigenvalue weighted by Gasteiger charge is 2.61. The van der Waals surface area contributed by atoms with Crippen molar-refractivity contribution in [1.29, 1.82) is 0 Å². The second-order valence-electron chi connectivity index (χ2n) is 7.60. The molecular formula is C16H30O3Si3. The van der Waals surface area contributed by atoms with Gasteiger partial charge in [-0.15, -0.1) is 13.2 Å². The molecule has 124 valence electrons. The highest BCUT2D eigenvalue weighted by atomic mass is 28.4. The minimum atomic E-state index is -2.07. The third-order valence-corrected chi connectivity index (χ3v) is 9.03. The van der Waals surface area contributed by atoms with Gasteiger partial charge in [0.1, 0.15) is 0 Å².